The van der Waals surface area contributed by atoms with Crippen LogP contribution in [-0.2, 0) is 0 Å². The van der Waals surface area contributed by atoms with Gasteiger partial charge in [0.2, 0.25) is 6.29 Å². The van der Waals surface area contributed by atoms with Crippen molar-refractivity contribution < 1.29 is 19.2 Å². The molecule has 0 radical (unpaired) electrons. The van der Waals surface area contributed by atoms with E-state index < -0.39 is 0 Å². The number of nitrogens with zero attached hydrogens (tertiary/aromatic N) is 1. The number of amides is 1. The van der Waals surface area contributed by atoms with Crippen LogP contribution in [0.4, 0.5) is 0 Å². The number of halogens is 1. The predicted octanol–water partition coefficient (Wildman–Crippen LogP) is 1.54. The van der Waals surface area contributed by atoms with Crippen molar-refractivity contribution in [2.24, 2.45) is 0 Å². The summed E-state index contributed by atoms with van der Waals surface area (Å²) in [6.07, 6.45) is 2.73. The molecule has 21 heavy (non-hydrogen) atoms. The maximum absolute atomic E-state index is 12.1. The quantitative estimate of drug-likeness (QED) is 0.688. The average Bonchev–Trinajstić information content (AvgIpc) is 3.30. The maximum Gasteiger partial charge on any atom is 0.297 e. The number of aromatic nitrogens is 1. The number of aldehydes is 1. The molecule has 2 aromatic rings. The van der Waals surface area contributed by atoms with E-state index in [9.17, 15) is 9.59 Å². The van der Waals surface area contributed by atoms with Gasteiger partial charge in [-0.15, -0.1) is 0 Å². The second kappa shape index (κ2) is 5.33. The Bertz CT molecular complexity index is 741. The number of carbonyl (C=O) groups is 2. The molecule has 108 valence electrons. The zero-order valence-electron chi connectivity index (χ0n) is 11.4. The molecule has 1 N–H and O–H groups in total. The van der Waals surface area contributed by atoms with Crippen molar-refractivity contribution in [3.05, 3.63) is 40.5 Å². The first-order valence-electron chi connectivity index (χ1n) is 6.63. The van der Waals surface area contributed by atoms with Gasteiger partial charge in [0.05, 0.1) is 16.0 Å². The first-order valence-corrected chi connectivity index (χ1v) is 7.01. The normalized spacial score (nSPS) is 14.0. The van der Waals surface area contributed by atoms with E-state index in [4.69, 9.17) is 16.4 Å². The Hall–Kier alpha value is -2.14. The zero-order valence-corrected chi connectivity index (χ0v) is 12.2. The molecule has 0 spiro atoms. The smallest absolute Gasteiger partial charge is 0.297 e. The lowest BCUT2D eigenvalue weighted by Gasteiger charge is -2.07. The number of hydrogen-bond acceptors (Lipinski definition) is 3. The van der Waals surface area contributed by atoms with Gasteiger partial charge in [-0.3, -0.25) is 14.4 Å². The molecule has 1 aromatic heterocycles. The molecule has 1 aliphatic carbocycles. The van der Waals surface area contributed by atoms with Crippen LogP contribution in [-0.4, -0.2) is 25.3 Å². The summed E-state index contributed by atoms with van der Waals surface area (Å²) in [4.78, 5) is 28.4. The first-order chi connectivity index (χ1) is 10.2. The molecule has 1 aliphatic rings. The molecule has 6 heteroatoms. The van der Waals surface area contributed by atoms with Gasteiger partial charge in [-0.25, -0.2) is 0 Å². The molecular weight excluding hydrogens is 292 g/mol. The number of nitrogens with one attached hydrogen (secondary N) is 1. The highest BCUT2D eigenvalue weighted by molar-refractivity contribution is 6.38. The van der Waals surface area contributed by atoms with E-state index in [1.165, 1.54) is 11.8 Å². The van der Waals surface area contributed by atoms with Crippen molar-refractivity contribution >= 4 is 34.7 Å². The summed E-state index contributed by atoms with van der Waals surface area (Å²) in [5.41, 5.74) is 1.43. The third-order valence-electron chi connectivity index (χ3n) is 3.49. The Kier molecular flexibility index (Phi) is 3.51. The predicted molar refractivity (Wildman–Crippen MR) is 77.5 cm³/mol. The summed E-state index contributed by atoms with van der Waals surface area (Å²) in [7, 11) is 1.47. The standard InChI is InChI=1S/C15H13ClN2O3/c1-21-18-10(8-19)4-5-11-13(18)7-6-12(14(11)16)15(20)17-9-2-3-9/h4-9H,2-3H2,1H3/p+1. The number of benzene rings is 1. The fourth-order valence-electron chi connectivity index (χ4n) is 2.25. The fourth-order valence-corrected chi connectivity index (χ4v) is 2.56. The molecule has 1 amide bonds. The van der Waals surface area contributed by atoms with Crippen molar-refractivity contribution in [2.45, 2.75) is 18.9 Å². The van der Waals surface area contributed by atoms with Crippen molar-refractivity contribution in [1.29, 1.82) is 0 Å². The van der Waals surface area contributed by atoms with E-state index in [0.717, 1.165) is 12.8 Å². The Morgan fingerprint density at radius 2 is 2.14 bits per heavy atom. The van der Waals surface area contributed by atoms with Crippen LogP contribution >= 0.6 is 11.6 Å². The molecule has 0 aliphatic heterocycles. The summed E-state index contributed by atoms with van der Waals surface area (Å²) < 4.78 is 1.39. The van der Waals surface area contributed by atoms with Crippen molar-refractivity contribution in [1.82, 2.24) is 5.32 Å². The van der Waals surface area contributed by atoms with Crippen LogP contribution in [0.2, 0.25) is 5.02 Å². The minimum absolute atomic E-state index is 0.173. The first kappa shape index (κ1) is 13.8. The lowest BCUT2D eigenvalue weighted by Crippen LogP contribution is -2.45. The number of rotatable bonds is 4. The summed E-state index contributed by atoms with van der Waals surface area (Å²) in [6, 6.07) is 6.95. The molecule has 1 saturated carbocycles. The molecule has 0 unspecified atom stereocenters. The molecule has 1 heterocycles. The van der Waals surface area contributed by atoms with E-state index in [0.29, 0.717) is 33.5 Å². The van der Waals surface area contributed by atoms with Crippen LogP contribution in [0.25, 0.3) is 10.9 Å². The lowest BCUT2D eigenvalue weighted by atomic mass is 10.1. The number of carbonyl (C=O) groups excluding carboxylic acids is 2. The summed E-state index contributed by atoms with van der Waals surface area (Å²) >= 11 is 6.35. The van der Waals surface area contributed by atoms with E-state index in [2.05, 4.69) is 5.32 Å². The lowest BCUT2D eigenvalue weighted by molar-refractivity contribution is -0.866. The van der Waals surface area contributed by atoms with Crippen LogP contribution in [0, 0.1) is 0 Å². The Balaban J connectivity index is 2.12. The zero-order chi connectivity index (χ0) is 15.0. The fraction of sp³-hybridized carbons (Fsp3) is 0.267. The van der Waals surface area contributed by atoms with Gasteiger partial charge in [-0.1, -0.05) is 11.6 Å². The van der Waals surface area contributed by atoms with Gasteiger partial charge in [0, 0.05) is 22.9 Å². The number of fused-ring (bicyclic) bond motifs is 1. The summed E-state index contributed by atoms with van der Waals surface area (Å²) in [6.45, 7) is 0. The Morgan fingerprint density at radius 1 is 1.38 bits per heavy atom. The highest BCUT2D eigenvalue weighted by atomic mass is 35.5. The van der Waals surface area contributed by atoms with Crippen molar-refractivity contribution in [2.75, 3.05) is 7.11 Å². The van der Waals surface area contributed by atoms with Gasteiger partial charge in [-0.05, 0) is 25.0 Å². The van der Waals surface area contributed by atoms with Crippen LogP contribution in [0.3, 0.4) is 0 Å². The SMILES string of the molecule is CO[n+]1c(C=O)ccc2c(Cl)c(C(=O)NC3CC3)ccc21. The largest absolute Gasteiger partial charge is 0.349 e. The van der Waals surface area contributed by atoms with Gasteiger partial charge in [-0.2, -0.15) is 0 Å². The summed E-state index contributed by atoms with van der Waals surface area (Å²) in [5.74, 6) is -0.173. The molecule has 1 aromatic carbocycles. The topological polar surface area (TPSA) is 59.3 Å². The van der Waals surface area contributed by atoms with Gasteiger partial charge in [0.1, 0.15) is 7.11 Å². The van der Waals surface area contributed by atoms with Gasteiger partial charge in [0.15, 0.2) is 0 Å². The monoisotopic (exact) mass is 305 g/mol. The van der Waals surface area contributed by atoms with Gasteiger partial charge >= 0.3 is 0 Å². The van der Waals surface area contributed by atoms with E-state index >= 15 is 0 Å². The number of pyridine rings is 1. The van der Waals surface area contributed by atoms with Gasteiger partial charge < -0.3 is 5.32 Å². The Morgan fingerprint density at radius 3 is 2.76 bits per heavy atom. The van der Waals surface area contributed by atoms with E-state index in [1.807, 2.05) is 0 Å². The van der Waals surface area contributed by atoms with Crippen LogP contribution in [0.15, 0.2) is 24.3 Å². The second-order valence-corrected chi connectivity index (χ2v) is 5.34. The molecule has 0 saturated heterocycles. The molecule has 5 nitrogen and oxygen atoms in total. The van der Waals surface area contributed by atoms with E-state index in [-0.39, 0.29) is 11.9 Å². The maximum atomic E-state index is 12.1. The third-order valence-corrected chi connectivity index (χ3v) is 3.90. The minimum Gasteiger partial charge on any atom is -0.349 e. The highest BCUT2D eigenvalue weighted by Gasteiger charge is 2.26. The molecule has 3 rings (SSSR count). The van der Waals surface area contributed by atoms with Crippen LogP contribution in [0.1, 0.15) is 33.7 Å². The van der Waals surface area contributed by atoms with Crippen LogP contribution in [0.5, 0.6) is 0 Å². The van der Waals surface area contributed by atoms with Crippen molar-refractivity contribution in [3.8, 4) is 0 Å². The number of hydrogen-bond donors (Lipinski definition) is 1. The van der Waals surface area contributed by atoms with Crippen LogP contribution < -0.4 is 14.9 Å². The summed E-state index contributed by atoms with van der Waals surface area (Å²) in [5, 5.41) is 3.92. The molecule has 0 atom stereocenters. The highest BCUT2D eigenvalue weighted by Crippen LogP contribution is 2.27. The third kappa shape index (κ3) is 2.45. The second-order valence-electron chi connectivity index (χ2n) is 4.96. The van der Waals surface area contributed by atoms with Crippen molar-refractivity contribution in [3.63, 3.8) is 0 Å². The van der Waals surface area contributed by atoms with Gasteiger partial charge in [0.25, 0.3) is 17.1 Å². The molecule has 0 bridgehead atoms. The van der Waals surface area contributed by atoms with E-state index in [1.54, 1.807) is 24.3 Å². The minimum atomic E-state index is -0.173. The molecular formula is C15H14ClN2O3+. The Labute approximate surface area is 126 Å². The average molecular weight is 306 g/mol. The molecule has 1 fully saturated rings.